The molecule has 3 rings (SSSR count). The largest absolute Gasteiger partial charge is 0.347 e. The molecule has 0 saturated heterocycles. The molecule has 3 aromatic rings. The lowest BCUT2D eigenvalue weighted by molar-refractivity contribution is 0.0954. The Labute approximate surface area is 154 Å². The van der Waals surface area contributed by atoms with Crippen LogP contribution >= 0.6 is 11.3 Å². The quantitative estimate of drug-likeness (QED) is 0.753. The predicted molar refractivity (Wildman–Crippen MR) is 99.0 cm³/mol. The van der Waals surface area contributed by atoms with E-state index in [9.17, 15) is 9.59 Å². The molecule has 0 spiro atoms. The fourth-order valence-electron chi connectivity index (χ4n) is 2.48. The van der Waals surface area contributed by atoms with Gasteiger partial charge in [-0.3, -0.25) is 19.1 Å². The van der Waals surface area contributed by atoms with E-state index in [1.54, 1.807) is 42.0 Å². The van der Waals surface area contributed by atoms with Crippen LogP contribution in [0.1, 0.15) is 32.2 Å². The number of nitrogens with one attached hydrogen (secondary N) is 1. The van der Waals surface area contributed by atoms with Gasteiger partial charge in [0.15, 0.2) is 0 Å². The van der Waals surface area contributed by atoms with Crippen molar-refractivity contribution in [2.24, 2.45) is 0 Å². The van der Waals surface area contributed by atoms with Gasteiger partial charge in [-0.1, -0.05) is 29.5 Å². The summed E-state index contributed by atoms with van der Waals surface area (Å²) in [5.41, 5.74) is 2.85. The van der Waals surface area contributed by atoms with Crippen molar-refractivity contribution in [2.75, 3.05) is 0 Å². The van der Waals surface area contributed by atoms with Crippen LogP contribution in [0.25, 0.3) is 0 Å². The Kier molecular flexibility index (Phi) is 5.25. The van der Waals surface area contributed by atoms with Crippen LogP contribution in [0.5, 0.6) is 0 Å². The normalized spacial score (nSPS) is 10.3. The molecule has 130 valence electrons. The average molecular weight is 364 g/mol. The molecule has 2 aromatic heterocycles. The highest BCUT2D eigenvalue weighted by Gasteiger charge is 2.17. The number of pyridine rings is 1. The molecule has 0 atom stereocenters. The molecule has 0 aliphatic heterocycles. The van der Waals surface area contributed by atoms with E-state index in [1.807, 2.05) is 18.2 Å². The second-order valence-corrected chi connectivity index (χ2v) is 6.64. The summed E-state index contributed by atoms with van der Waals surface area (Å²) in [5, 5.41) is 11.6. The Morgan fingerprint density at radius 3 is 2.69 bits per heavy atom. The molecular weight excluding hydrogens is 348 g/mol. The van der Waals surface area contributed by atoms with Crippen molar-refractivity contribution in [3.05, 3.63) is 85.7 Å². The number of hydrogen-bond acceptors (Lipinski definition) is 5. The topological polar surface area (TPSA) is 87.8 Å². The standard InChI is InChI=1S/C19H16N4O2S/c1-13-17(18(24)22-11-15-7-5-14(10-20)6-8-15)26-19(25)23(13)12-16-4-2-3-9-21-16/h2-9H,11-12H2,1H3,(H,22,24). The second kappa shape index (κ2) is 7.76. The molecule has 1 amide bonds. The zero-order chi connectivity index (χ0) is 18.5. The number of hydrogen-bond donors (Lipinski definition) is 1. The Hall–Kier alpha value is -3.24. The first-order chi connectivity index (χ1) is 12.6. The maximum atomic E-state index is 12.5. The summed E-state index contributed by atoms with van der Waals surface area (Å²) in [6, 6.07) is 14.6. The maximum absolute atomic E-state index is 12.5. The molecular formula is C19H16N4O2S. The van der Waals surface area contributed by atoms with Gasteiger partial charge in [0, 0.05) is 18.4 Å². The van der Waals surface area contributed by atoms with E-state index in [2.05, 4.69) is 16.4 Å². The molecule has 0 aliphatic carbocycles. The maximum Gasteiger partial charge on any atom is 0.308 e. The lowest BCUT2D eigenvalue weighted by Gasteiger charge is -2.07. The summed E-state index contributed by atoms with van der Waals surface area (Å²) in [6.45, 7) is 2.43. The summed E-state index contributed by atoms with van der Waals surface area (Å²) in [6.07, 6.45) is 1.67. The highest BCUT2D eigenvalue weighted by molar-refractivity contribution is 7.11. The number of nitriles is 1. The molecule has 26 heavy (non-hydrogen) atoms. The van der Waals surface area contributed by atoms with Crippen molar-refractivity contribution in [1.29, 1.82) is 5.26 Å². The van der Waals surface area contributed by atoms with Gasteiger partial charge < -0.3 is 5.32 Å². The average Bonchev–Trinajstić information content (AvgIpc) is 2.95. The predicted octanol–water partition coefficient (Wildman–Crippen LogP) is 2.46. The Morgan fingerprint density at radius 1 is 1.27 bits per heavy atom. The first-order valence-electron chi connectivity index (χ1n) is 7.96. The minimum Gasteiger partial charge on any atom is -0.347 e. The number of aromatic nitrogens is 2. The number of benzene rings is 1. The molecule has 0 fully saturated rings. The van der Waals surface area contributed by atoms with E-state index in [4.69, 9.17) is 5.26 Å². The number of rotatable bonds is 5. The first-order valence-corrected chi connectivity index (χ1v) is 8.77. The van der Waals surface area contributed by atoms with Gasteiger partial charge in [0.1, 0.15) is 4.88 Å². The van der Waals surface area contributed by atoms with Crippen molar-refractivity contribution in [2.45, 2.75) is 20.0 Å². The van der Waals surface area contributed by atoms with E-state index in [-0.39, 0.29) is 10.8 Å². The van der Waals surface area contributed by atoms with Crippen molar-refractivity contribution < 1.29 is 4.79 Å². The number of carbonyl (C=O) groups excluding carboxylic acids is 1. The molecule has 0 bridgehead atoms. The molecule has 1 N–H and O–H groups in total. The third kappa shape index (κ3) is 3.87. The molecule has 7 heteroatoms. The van der Waals surface area contributed by atoms with Crippen LogP contribution in [-0.2, 0) is 13.1 Å². The van der Waals surface area contributed by atoms with Gasteiger partial charge in [-0.15, -0.1) is 0 Å². The van der Waals surface area contributed by atoms with Crippen LogP contribution < -0.4 is 10.2 Å². The van der Waals surface area contributed by atoms with Crippen LogP contribution in [0.4, 0.5) is 0 Å². The van der Waals surface area contributed by atoms with Gasteiger partial charge in [-0.25, -0.2) is 0 Å². The summed E-state index contributed by atoms with van der Waals surface area (Å²) in [7, 11) is 0. The van der Waals surface area contributed by atoms with Crippen LogP contribution in [-0.4, -0.2) is 15.5 Å². The third-order valence-electron chi connectivity index (χ3n) is 3.93. The third-order valence-corrected chi connectivity index (χ3v) is 5.01. The molecule has 0 radical (unpaired) electrons. The summed E-state index contributed by atoms with van der Waals surface area (Å²) in [5.74, 6) is -0.284. The van der Waals surface area contributed by atoms with Gasteiger partial charge in [0.25, 0.3) is 5.91 Å². The molecule has 0 unspecified atom stereocenters. The van der Waals surface area contributed by atoms with Gasteiger partial charge in [-0.05, 0) is 36.8 Å². The monoisotopic (exact) mass is 364 g/mol. The van der Waals surface area contributed by atoms with Gasteiger partial charge >= 0.3 is 4.87 Å². The Morgan fingerprint density at radius 2 is 2.04 bits per heavy atom. The fourth-order valence-corrected chi connectivity index (χ4v) is 3.39. The lowest BCUT2D eigenvalue weighted by atomic mass is 10.1. The fraction of sp³-hybridized carbons (Fsp3) is 0.158. The summed E-state index contributed by atoms with van der Waals surface area (Å²) in [4.78, 5) is 29.2. The van der Waals surface area contributed by atoms with Crippen molar-refractivity contribution in [3.8, 4) is 6.07 Å². The molecule has 6 nitrogen and oxygen atoms in total. The van der Waals surface area contributed by atoms with Crippen molar-refractivity contribution in [1.82, 2.24) is 14.9 Å². The van der Waals surface area contributed by atoms with E-state index < -0.39 is 0 Å². The van der Waals surface area contributed by atoms with Crippen LogP contribution in [0.15, 0.2) is 53.5 Å². The van der Waals surface area contributed by atoms with Crippen LogP contribution in [0.3, 0.4) is 0 Å². The zero-order valence-electron chi connectivity index (χ0n) is 14.1. The molecule has 0 saturated carbocycles. The van der Waals surface area contributed by atoms with E-state index in [0.717, 1.165) is 22.6 Å². The van der Waals surface area contributed by atoms with Crippen LogP contribution in [0.2, 0.25) is 0 Å². The van der Waals surface area contributed by atoms with E-state index in [1.165, 1.54) is 0 Å². The van der Waals surface area contributed by atoms with Crippen molar-refractivity contribution >= 4 is 17.2 Å². The lowest BCUT2D eigenvalue weighted by Crippen LogP contribution is -2.23. The zero-order valence-corrected chi connectivity index (χ0v) is 14.9. The van der Waals surface area contributed by atoms with Crippen LogP contribution in [0, 0.1) is 18.3 Å². The number of amides is 1. The van der Waals surface area contributed by atoms with E-state index in [0.29, 0.717) is 29.2 Å². The Balaban J connectivity index is 1.72. The minimum absolute atomic E-state index is 0.184. The first kappa shape index (κ1) is 17.6. The molecule has 2 heterocycles. The number of thiazole rings is 1. The highest BCUT2D eigenvalue weighted by atomic mass is 32.1. The Bertz CT molecular complexity index is 1010. The minimum atomic E-state index is -0.284. The van der Waals surface area contributed by atoms with Gasteiger partial charge in [-0.2, -0.15) is 5.26 Å². The molecule has 1 aromatic carbocycles. The molecule has 0 aliphatic rings. The van der Waals surface area contributed by atoms with E-state index >= 15 is 0 Å². The van der Waals surface area contributed by atoms with Gasteiger partial charge in [0.2, 0.25) is 0 Å². The van der Waals surface area contributed by atoms with Crippen molar-refractivity contribution in [3.63, 3.8) is 0 Å². The summed E-state index contributed by atoms with van der Waals surface area (Å²) < 4.78 is 1.56. The number of nitrogens with zero attached hydrogens (tertiary/aromatic N) is 3. The van der Waals surface area contributed by atoms with Gasteiger partial charge in [0.05, 0.1) is 23.9 Å². The SMILES string of the molecule is Cc1c(C(=O)NCc2ccc(C#N)cc2)sc(=O)n1Cc1ccccn1. The summed E-state index contributed by atoms with van der Waals surface area (Å²) >= 11 is 0.934. The smallest absolute Gasteiger partial charge is 0.308 e. The highest BCUT2D eigenvalue weighted by Crippen LogP contribution is 2.13. The number of carbonyl (C=O) groups is 1. The second-order valence-electron chi connectivity index (χ2n) is 5.68.